The second kappa shape index (κ2) is 37.6. The molecule has 3 aliphatic rings. The van der Waals surface area contributed by atoms with E-state index < -0.39 is 0 Å². The van der Waals surface area contributed by atoms with Gasteiger partial charge in [-0.1, -0.05) is 79.7 Å². The molecule has 33 nitrogen and oxygen atoms in total. The van der Waals surface area contributed by atoms with Crippen LogP contribution in [0.2, 0.25) is 0 Å². The topological polar surface area (TPSA) is 550 Å². The number of aromatic nitrogens is 14. The lowest BCUT2D eigenvalue weighted by molar-refractivity contribution is 0.0937. The molecule has 654 valence electrons. The lowest BCUT2D eigenvalue weighted by Crippen LogP contribution is -2.26. The number of furan rings is 2. The number of amides is 1. The van der Waals surface area contributed by atoms with Crippen LogP contribution in [0.1, 0.15) is 132 Å². The predicted octanol–water partition coefficient (Wildman–Crippen LogP) is 17.2. The molecular formula is C97H92N24O9. The van der Waals surface area contributed by atoms with Gasteiger partial charge in [-0.3, -0.25) is 49.9 Å². The Morgan fingerprint density at radius 1 is 0.531 bits per heavy atom. The largest absolute Gasteiger partial charge is 0.505 e. The first-order chi connectivity index (χ1) is 62.8. The number of rotatable bonds is 15. The van der Waals surface area contributed by atoms with Crippen molar-refractivity contribution in [2.45, 2.75) is 86.4 Å². The molecule has 9 aromatic carbocycles. The Bertz CT molecular complexity index is 7500. The number of H-pyrrole nitrogens is 6. The van der Waals surface area contributed by atoms with Gasteiger partial charge in [0.05, 0.1) is 59.5 Å². The van der Waals surface area contributed by atoms with E-state index in [1.54, 1.807) is 36.7 Å². The predicted molar refractivity (Wildman–Crippen MR) is 504 cm³/mol. The summed E-state index contributed by atoms with van der Waals surface area (Å²) < 4.78 is 27.5. The van der Waals surface area contributed by atoms with Crippen LogP contribution < -0.4 is 50.2 Å². The number of amidine groups is 2. The number of nitrogens with one attached hydrogen (secondary N) is 7. The van der Waals surface area contributed by atoms with Crippen molar-refractivity contribution in [2.24, 2.45) is 21.5 Å². The van der Waals surface area contributed by atoms with Crippen molar-refractivity contribution in [3.05, 3.63) is 304 Å². The molecule has 0 spiro atoms. The lowest BCUT2D eigenvalue weighted by Gasteiger charge is -2.15. The van der Waals surface area contributed by atoms with Crippen LogP contribution in [0.3, 0.4) is 0 Å². The SMILES string of the molecule is C=C(O)c1ccc(-c2ccc3c(c2)C(N)=NC3)o1.CC(=O)c1coc(-c2ccc3c(N)n[nH]c3c2)n1.CCc1ccc(-c2ccc3c(c2)CN=C3N)o1.Cc1cccc([C@@H](C)NC(=O)c2ccc3[nH]nc(N)c3c2)c1.Cc1cnc(-c2ccc3[nH]nc(N)c3c2)[nH]1.Cc1cnc(-c2ccc3c(N)n[nH]c3c2)o1.Nc1n[nH]c2ccc(C(=O)CCc3ccc4c(c3)OCC4)cc12. The number of imidazole rings is 1. The van der Waals surface area contributed by atoms with E-state index in [0.717, 1.165) is 164 Å². The molecule has 3 aliphatic heterocycles. The number of nitrogens with zero attached hydrogens (tertiary/aromatic N) is 10. The number of carbonyl (C=O) groups is 3. The number of nitrogen functional groups attached to an aromatic ring is 5. The zero-order valence-corrected chi connectivity index (χ0v) is 71.7. The molecule has 0 unspecified atom stereocenters. The fraction of sp³-hybridized carbons (Fsp3) is 0.144. The molecule has 0 saturated heterocycles. The van der Waals surface area contributed by atoms with Gasteiger partial charge in [0.1, 0.15) is 58.2 Å². The molecule has 130 heavy (non-hydrogen) atoms. The van der Waals surface area contributed by atoms with Crippen molar-refractivity contribution in [2.75, 3.05) is 35.3 Å². The van der Waals surface area contributed by atoms with E-state index in [0.29, 0.717) is 107 Å². The maximum absolute atomic E-state index is 12.4. The molecule has 0 bridgehead atoms. The van der Waals surface area contributed by atoms with Gasteiger partial charge in [-0.15, -0.1) is 0 Å². The maximum Gasteiger partial charge on any atom is 0.251 e. The van der Waals surface area contributed by atoms with Gasteiger partial charge in [0.15, 0.2) is 52.2 Å². The molecule has 1 atom stereocenters. The molecule has 0 saturated carbocycles. The minimum atomic E-state index is -0.128. The van der Waals surface area contributed by atoms with Crippen LogP contribution in [0.5, 0.6) is 5.75 Å². The van der Waals surface area contributed by atoms with Gasteiger partial charge in [0, 0.05) is 115 Å². The fourth-order valence-corrected chi connectivity index (χ4v) is 14.7. The third-order valence-corrected chi connectivity index (χ3v) is 21.9. The second-order valence-electron chi connectivity index (χ2n) is 31.1. The minimum Gasteiger partial charge on any atom is -0.505 e. The Labute approximate surface area is 742 Å². The molecular weight excluding hydrogens is 1650 g/mol. The van der Waals surface area contributed by atoms with Crippen molar-refractivity contribution in [3.8, 4) is 62.7 Å². The van der Waals surface area contributed by atoms with Crippen LogP contribution in [-0.2, 0) is 32.4 Å². The average Bonchev–Trinajstić information content (AvgIpc) is 1.68. The molecule has 0 radical (unpaired) electrons. The van der Waals surface area contributed by atoms with E-state index in [1.807, 2.05) is 173 Å². The van der Waals surface area contributed by atoms with Gasteiger partial charge in [-0.2, -0.15) is 25.5 Å². The lowest BCUT2D eigenvalue weighted by atomic mass is 10.0. The number of aliphatic imine (C=N–C) groups is 2. The molecule has 33 heteroatoms. The fourth-order valence-electron chi connectivity index (χ4n) is 14.7. The Morgan fingerprint density at radius 3 is 1.74 bits per heavy atom. The number of oxazole rings is 2. The first-order valence-electron chi connectivity index (χ1n) is 41.5. The first-order valence-corrected chi connectivity index (χ1v) is 41.5. The smallest absolute Gasteiger partial charge is 0.251 e. The Morgan fingerprint density at radius 2 is 1.12 bits per heavy atom. The van der Waals surface area contributed by atoms with Gasteiger partial charge in [-0.25, -0.2) is 15.0 Å². The number of nitrogens with two attached hydrogens (primary N) is 7. The molecule has 22 rings (SSSR count). The second-order valence-corrected chi connectivity index (χ2v) is 31.1. The number of ether oxygens (including phenoxy) is 1. The number of hydrogen-bond donors (Lipinski definition) is 15. The molecule has 19 aromatic rings. The molecule has 0 aliphatic carbocycles. The Kier molecular flexibility index (Phi) is 24.9. The summed E-state index contributed by atoms with van der Waals surface area (Å²) in [5.41, 5.74) is 60.8. The number of fused-ring (bicyclic) bond motifs is 8. The number of aliphatic hydroxyl groups excluding tert-OH is 1. The van der Waals surface area contributed by atoms with E-state index >= 15 is 0 Å². The number of anilines is 5. The van der Waals surface area contributed by atoms with Crippen LogP contribution in [-0.4, -0.2) is 112 Å². The van der Waals surface area contributed by atoms with Crippen molar-refractivity contribution in [1.29, 1.82) is 0 Å². The number of benzene rings is 9. The van der Waals surface area contributed by atoms with Crippen molar-refractivity contribution in [1.82, 2.24) is 76.2 Å². The van der Waals surface area contributed by atoms with Crippen molar-refractivity contribution in [3.63, 3.8) is 0 Å². The summed E-state index contributed by atoms with van der Waals surface area (Å²) in [5, 5.41) is 50.4. The number of ketones is 2. The highest BCUT2D eigenvalue weighted by Crippen LogP contribution is 2.35. The number of hydrogen-bond acceptors (Lipinski definition) is 26. The summed E-state index contributed by atoms with van der Waals surface area (Å²) in [5.74, 6) is 9.82. The highest BCUT2D eigenvalue weighted by Gasteiger charge is 2.22. The minimum absolute atomic E-state index is 0.0650. The van der Waals surface area contributed by atoms with Crippen LogP contribution in [0.15, 0.2) is 247 Å². The quantitative estimate of drug-likeness (QED) is 0.0335. The summed E-state index contributed by atoms with van der Waals surface area (Å²) in [6.45, 7) is 16.9. The normalized spacial score (nSPS) is 12.2. The van der Waals surface area contributed by atoms with Crippen LogP contribution >= 0.6 is 0 Å². The number of aromatic amines is 6. The van der Waals surface area contributed by atoms with E-state index in [-0.39, 0.29) is 29.3 Å². The summed E-state index contributed by atoms with van der Waals surface area (Å²) in [6.07, 6.45) is 7.90. The summed E-state index contributed by atoms with van der Waals surface area (Å²) in [7, 11) is 0. The van der Waals surface area contributed by atoms with Gasteiger partial charge in [0.25, 0.3) is 5.91 Å². The molecule has 13 heterocycles. The van der Waals surface area contributed by atoms with Gasteiger partial charge < -0.3 is 77.9 Å². The van der Waals surface area contributed by atoms with E-state index in [4.69, 9.17) is 62.5 Å². The highest BCUT2D eigenvalue weighted by molar-refractivity contribution is 6.04. The van der Waals surface area contributed by atoms with E-state index in [1.165, 1.54) is 29.9 Å². The third-order valence-electron chi connectivity index (χ3n) is 21.9. The van der Waals surface area contributed by atoms with Crippen molar-refractivity contribution < 1.29 is 41.9 Å². The van der Waals surface area contributed by atoms with Crippen LogP contribution in [0.4, 0.5) is 29.1 Å². The summed E-state index contributed by atoms with van der Waals surface area (Å²) in [6, 6.07) is 61.8. The van der Waals surface area contributed by atoms with Crippen LogP contribution in [0, 0.1) is 20.8 Å². The Hall–Kier alpha value is -17.4. The number of aliphatic hydroxyl groups is 1. The van der Waals surface area contributed by atoms with Crippen molar-refractivity contribution >= 4 is 119 Å². The van der Waals surface area contributed by atoms with Crippen LogP contribution in [0.25, 0.3) is 117 Å². The molecule has 0 fully saturated rings. The average molecular weight is 1740 g/mol. The number of aryl methyl sites for hydroxylation is 5. The van der Waals surface area contributed by atoms with Gasteiger partial charge >= 0.3 is 0 Å². The number of Topliss-reactive ketones (excluding diaryl/α,β-unsaturated/α-hetero) is 2. The first kappa shape index (κ1) is 86.1. The van der Waals surface area contributed by atoms with E-state index in [9.17, 15) is 19.5 Å². The third kappa shape index (κ3) is 19.4. The zero-order chi connectivity index (χ0) is 91.0. The summed E-state index contributed by atoms with van der Waals surface area (Å²) in [4.78, 5) is 60.1. The monoisotopic (exact) mass is 1740 g/mol. The zero-order valence-electron chi connectivity index (χ0n) is 71.7. The standard InChI is InChI=1S/C18H17N3O2.C17H18N4O.C14H12N2O2.C14H14N2O.C12H10N4O2.C11H11N5.C11H10N4O/c19-18-14-10-13(4-5-15(14)20-21-18)16(22)6-2-11-1-3-12-7-8-23-17(12)9-11;1-10-4-3-5-12(8-10)11(2)19-17(22)13-6-7-15-14(9-13)16(18)21-20-15;1-8(17)12-4-5-13(18-12)9-2-3-10-7-16-14(15)11(10)6-9;1-2-11-4-6-13(17-11)9-3-5-12-10(7-9)8-16-14(12)15;1-6(17)10-5-18-12(14-10)7-2-3-8-9(4-7)15-16-11(8)13;1-6-5-13-11(14-6)7-2-3-9-8(4-7)10(12)16-15-9;1-6-5-13-11(16-6)7-2-3-8-9(4-7)14-15-10(8)12/h1,3-5,9-10H,2,6-8H2,(H3,19,20,21);3-9,11H,1-2H3,(H,19,22)(H3,18,20,21);2-6,17H,1,7H2,(H2,15,16);3-7H,2,8H2,1H3,(H2,15,16);2-5H,1H3,(H3,13,15,16);2-5H,1H3,(H,13,14)(H3,12,15,16);2-5H,1H3,(H3,12,14,15)/t;11-;;;;;/m.1...../s1. The number of carbonyl (C=O) groups excluding carboxylic acids is 3. The summed E-state index contributed by atoms with van der Waals surface area (Å²) >= 11 is 0. The van der Waals surface area contributed by atoms with Gasteiger partial charge in [-0.05, 0) is 195 Å². The molecule has 22 N–H and O–H groups in total. The van der Waals surface area contributed by atoms with E-state index in [2.05, 4.69) is 124 Å². The molecule has 1 amide bonds. The van der Waals surface area contributed by atoms with Gasteiger partial charge in [0.2, 0.25) is 11.8 Å². The highest BCUT2D eigenvalue weighted by atomic mass is 16.5. The molecule has 10 aromatic heterocycles. The maximum atomic E-state index is 12.4. The Balaban J connectivity index is 0.000000111.